The first kappa shape index (κ1) is 8.45. The second-order valence-electron chi connectivity index (χ2n) is 2.55. The van der Waals surface area contributed by atoms with Crippen LogP contribution in [0.25, 0.3) is 0 Å². The standard InChI is InChI=1S/C7H13NO/c1-6(3-4-8)5-7(2)9/h6-7,9H,3,5H2,1-2H3. The first-order valence-corrected chi connectivity index (χ1v) is 3.21. The molecule has 2 atom stereocenters. The largest absolute Gasteiger partial charge is 0.393 e. The average Bonchev–Trinajstić information content (AvgIpc) is 1.63. The highest BCUT2D eigenvalue weighted by Crippen LogP contribution is 2.08. The van der Waals surface area contributed by atoms with Gasteiger partial charge in [0.2, 0.25) is 0 Å². The van der Waals surface area contributed by atoms with E-state index >= 15 is 0 Å². The van der Waals surface area contributed by atoms with Crippen LogP contribution >= 0.6 is 0 Å². The number of nitrogens with zero attached hydrogens (tertiary/aromatic N) is 1. The van der Waals surface area contributed by atoms with E-state index < -0.39 is 0 Å². The van der Waals surface area contributed by atoms with Gasteiger partial charge in [0.1, 0.15) is 0 Å². The van der Waals surface area contributed by atoms with Gasteiger partial charge >= 0.3 is 0 Å². The Hall–Kier alpha value is -0.550. The topological polar surface area (TPSA) is 44.0 Å². The van der Waals surface area contributed by atoms with Gasteiger partial charge in [-0.25, -0.2) is 0 Å². The van der Waals surface area contributed by atoms with Crippen molar-refractivity contribution in [2.45, 2.75) is 32.8 Å². The monoisotopic (exact) mass is 127 g/mol. The Morgan fingerprint density at radius 3 is 2.44 bits per heavy atom. The highest BCUT2D eigenvalue weighted by atomic mass is 16.3. The first-order valence-electron chi connectivity index (χ1n) is 3.21. The molecule has 0 amide bonds. The van der Waals surface area contributed by atoms with Gasteiger partial charge in [0.05, 0.1) is 12.2 Å². The van der Waals surface area contributed by atoms with Gasteiger partial charge in [0, 0.05) is 6.42 Å². The molecular formula is C7H13NO. The summed E-state index contributed by atoms with van der Waals surface area (Å²) in [6.07, 6.45) is 1.01. The van der Waals surface area contributed by atoms with Crippen molar-refractivity contribution in [3.63, 3.8) is 0 Å². The number of aliphatic hydroxyl groups is 1. The summed E-state index contributed by atoms with van der Waals surface area (Å²) < 4.78 is 0. The van der Waals surface area contributed by atoms with E-state index in [2.05, 4.69) is 6.07 Å². The average molecular weight is 127 g/mol. The molecule has 0 fully saturated rings. The third-order valence-electron chi connectivity index (χ3n) is 1.18. The van der Waals surface area contributed by atoms with E-state index in [0.29, 0.717) is 12.3 Å². The molecule has 0 radical (unpaired) electrons. The fourth-order valence-corrected chi connectivity index (χ4v) is 0.821. The van der Waals surface area contributed by atoms with Gasteiger partial charge in [0.25, 0.3) is 0 Å². The maximum absolute atomic E-state index is 8.84. The van der Waals surface area contributed by atoms with Crippen LogP contribution < -0.4 is 0 Å². The minimum atomic E-state index is -0.270. The molecule has 0 aromatic carbocycles. The van der Waals surface area contributed by atoms with Crippen LogP contribution in [0.4, 0.5) is 0 Å². The molecule has 0 saturated heterocycles. The molecule has 0 rings (SSSR count). The summed E-state index contributed by atoms with van der Waals surface area (Å²) in [7, 11) is 0. The Balaban J connectivity index is 3.29. The highest BCUT2D eigenvalue weighted by Gasteiger charge is 2.03. The first-order chi connectivity index (χ1) is 4.16. The molecule has 0 spiro atoms. The van der Waals surface area contributed by atoms with Gasteiger partial charge in [0.15, 0.2) is 0 Å². The molecule has 2 nitrogen and oxygen atoms in total. The van der Waals surface area contributed by atoms with Crippen LogP contribution in [-0.2, 0) is 0 Å². The molecule has 0 aliphatic rings. The lowest BCUT2D eigenvalue weighted by Gasteiger charge is -2.07. The molecule has 0 aromatic heterocycles. The van der Waals surface area contributed by atoms with Crippen molar-refractivity contribution in [3.8, 4) is 6.07 Å². The van der Waals surface area contributed by atoms with Crippen LogP contribution in [0.2, 0.25) is 0 Å². The van der Waals surface area contributed by atoms with Gasteiger partial charge in [-0.05, 0) is 19.3 Å². The molecule has 1 N–H and O–H groups in total. The lowest BCUT2D eigenvalue weighted by atomic mass is 10.0. The van der Waals surface area contributed by atoms with Crippen LogP contribution in [0.1, 0.15) is 26.7 Å². The minimum Gasteiger partial charge on any atom is -0.393 e. The van der Waals surface area contributed by atoms with Crippen LogP contribution in [0.5, 0.6) is 0 Å². The number of hydrogen-bond donors (Lipinski definition) is 1. The molecule has 0 aromatic rings. The molecule has 9 heavy (non-hydrogen) atoms. The molecule has 2 unspecified atom stereocenters. The van der Waals surface area contributed by atoms with Crippen LogP contribution in [0.3, 0.4) is 0 Å². The Morgan fingerprint density at radius 1 is 1.56 bits per heavy atom. The van der Waals surface area contributed by atoms with Crippen molar-refractivity contribution in [1.82, 2.24) is 0 Å². The van der Waals surface area contributed by atoms with E-state index in [9.17, 15) is 0 Å². The normalized spacial score (nSPS) is 16.2. The van der Waals surface area contributed by atoms with Crippen molar-refractivity contribution >= 4 is 0 Å². The fourth-order valence-electron chi connectivity index (χ4n) is 0.821. The van der Waals surface area contributed by atoms with E-state index in [1.807, 2.05) is 6.92 Å². The fraction of sp³-hybridized carbons (Fsp3) is 0.857. The highest BCUT2D eigenvalue weighted by molar-refractivity contribution is 4.73. The Morgan fingerprint density at radius 2 is 2.11 bits per heavy atom. The quantitative estimate of drug-likeness (QED) is 0.621. The smallest absolute Gasteiger partial charge is 0.0624 e. The SMILES string of the molecule is CC(O)CC(C)CC#N. The van der Waals surface area contributed by atoms with Crippen molar-refractivity contribution < 1.29 is 5.11 Å². The number of nitriles is 1. The van der Waals surface area contributed by atoms with Crippen LogP contribution in [0.15, 0.2) is 0 Å². The lowest BCUT2D eigenvalue weighted by molar-refractivity contribution is 0.165. The van der Waals surface area contributed by atoms with Crippen LogP contribution in [0, 0.1) is 17.2 Å². The Labute approximate surface area is 56.1 Å². The van der Waals surface area contributed by atoms with Gasteiger partial charge in [-0.1, -0.05) is 6.92 Å². The van der Waals surface area contributed by atoms with E-state index in [1.54, 1.807) is 6.92 Å². The van der Waals surface area contributed by atoms with Gasteiger partial charge in [-0.3, -0.25) is 0 Å². The lowest BCUT2D eigenvalue weighted by Crippen LogP contribution is -2.05. The van der Waals surface area contributed by atoms with Crippen molar-refractivity contribution in [2.24, 2.45) is 5.92 Å². The van der Waals surface area contributed by atoms with Crippen molar-refractivity contribution in [2.75, 3.05) is 0 Å². The Kier molecular flexibility index (Phi) is 4.08. The van der Waals surface area contributed by atoms with Gasteiger partial charge in [-0.2, -0.15) is 5.26 Å². The van der Waals surface area contributed by atoms with Gasteiger partial charge in [-0.15, -0.1) is 0 Å². The summed E-state index contributed by atoms with van der Waals surface area (Å²) >= 11 is 0. The maximum atomic E-state index is 8.84. The molecular weight excluding hydrogens is 114 g/mol. The van der Waals surface area contributed by atoms with Crippen LogP contribution in [-0.4, -0.2) is 11.2 Å². The Bertz CT molecular complexity index is 104. The molecule has 52 valence electrons. The van der Waals surface area contributed by atoms with E-state index in [4.69, 9.17) is 10.4 Å². The molecule has 0 bridgehead atoms. The maximum Gasteiger partial charge on any atom is 0.0624 e. The molecule has 0 aliphatic heterocycles. The summed E-state index contributed by atoms with van der Waals surface area (Å²) in [5.74, 6) is 0.329. The molecule has 0 saturated carbocycles. The third-order valence-corrected chi connectivity index (χ3v) is 1.18. The second-order valence-corrected chi connectivity index (χ2v) is 2.55. The summed E-state index contributed by atoms with van der Waals surface area (Å²) in [5, 5.41) is 17.1. The molecule has 0 aliphatic carbocycles. The number of rotatable bonds is 3. The molecule has 2 heteroatoms. The van der Waals surface area contributed by atoms with E-state index in [0.717, 1.165) is 6.42 Å². The third kappa shape index (κ3) is 5.32. The number of hydrogen-bond acceptors (Lipinski definition) is 2. The summed E-state index contributed by atoms with van der Waals surface area (Å²) in [5.41, 5.74) is 0. The molecule has 0 heterocycles. The summed E-state index contributed by atoms with van der Waals surface area (Å²) in [6, 6.07) is 2.06. The summed E-state index contributed by atoms with van der Waals surface area (Å²) in [4.78, 5) is 0. The zero-order valence-electron chi connectivity index (χ0n) is 5.96. The predicted octanol–water partition coefficient (Wildman–Crippen LogP) is 1.31. The van der Waals surface area contributed by atoms with Gasteiger partial charge < -0.3 is 5.11 Å². The van der Waals surface area contributed by atoms with E-state index in [-0.39, 0.29) is 6.10 Å². The van der Waals surface area contributed by atoms with Crippen molar-refractivity contribution in [1.29, 1.82) is 5.26 Å². The second kappa shape index (κ2) is 4.34. The zero-order valence-corrected chi connectivity index (χ0v) is 5.96. The predicted molar refractivity (Wildman–Crippen MR) is 35.7 cm³/mol. The number of aliphatic hydroxyl groups excluding tert-OH is 1. The van der Waals surface area contributed by atoms with Crippen molar-refractivity contribution in [3.05, 3.63) is 0 Å². The van der Waals surface area contributed by atoms with E-state index in [1.165, 1.54) is 0 Å². The minimum absolute atomic E-state index is 0.270. The zero-order chi connectivity index (χ0) is 7.28. The summed E-state index contributed by atoms with van der Waals surface area (Å²) in [6.45, 7) is 3.71.